The first-order valence-electron chi connectivity index (χ1n) is 9.14. The molecule has 1 amide bonds. The van der Waals surface area contributed by atoms with E-state index in [-0.39, 0.29) is 11.2 Å². The molecule has 0 aliphatic rings. The lowest BCUT2D eigenvalue weighted by atomic mass is 10.0. The van der Waals surface area contributed by atoms with E-state index in [9.17, 15) is 4.79 Å². The zero-order valence-corrected chi connectivity index (χ0v) is 16.8. The van der Waals surface area contributed by atoms with Gasteiger partial charge in [-0.3, -0.25) is 4.79 Å². The zero-order valence-electron chi connectivity index (χ0n) is 16.0. The molecular formula is C24H25NOS. The fourth-order valence-corrected chi connectivity index (χ4v) is 4.44. The average molecular weight is 376 g/mol. The molecule has 2 nitrogen and oxygen atoms in total. The molecule has 0 saturated heterocycles. The summed E-state index contributed by atoms with van der Waals surface area (Å²) >= 11 is 1.66. The molecule has 0 unspecified atom stereocenters. The molecule has 0 saturated carbocycles. The Bertz CT molecular complexity index is 844. The van der Waals surface area contributed by atoms with Crippen LogP contribution in [0.25, 0.3) is 0 Å². The number of amides is 1. The second kappa shape index (κ2) is 8.92. The molecule has 1 N–H and O–H groups in total. The van der Waals surface area contributed by atoms with Gasteiger partial charge in [-0.1, -0.05) is 78.4 Å². The highest BCUT2D eigenvalue weighted by atomic mass is 32.2. The van der Waals surface area contributed by atoms with Gasteiger partial charge in [0.05, 0.1) is 11.0 Å². The lowest BCUT2D eigenvalue weighted by Gasteiger charge is -2.18. The molecule has 3 aromatic carbocycles. The van der Waals surface area contributed by atoms with Crippen molar-refractivity contribution < 1.29 is 4.79 Å². The van der Waals surface area contributed by atoms with E-state index in [0.29, 0.717) is 5.75 Å². The van der Waals surface area contributed by atoms with Gasteiger partial charge in [0.25, 0.3) is 0 Å². The summed E-state index contributed by atoms with van der Waals surface area (Å²) < 4.78 is 0. The molecule has 0 aliphatic heterocycles. The summed E-state index contributed by atoms with van der Waals surface area (Å²) in [5.41, 5.74) is 6.78. The Morgan fingerprint density at radius 1 is 0.852 bits per heavy atom. The molecule has 0 atom stereocenters. The van der Waals surface area contributed by atoms with Crippen LogP contribution in [0.3, 0.4) is 0 Å². The number of thioether (sulfide) groups is 1. The summed E-state index contributed by atoms with van der Waals surface area (Å²) in [6, 6.07) is 24.9. The summed E-state index contributed by atoms with van der Waals surface area (Å²) in [5.74, 6) is 0.438. The highest BCUT2D eigenvalue weighted by molar-refractivity contribution is 8.00. The maximum absolute atomic E-state index is 12.6. The van der Waals surface area contributed by atoms with Gasteiger partial charge in [-0.25, -0.2) is 0 Å². The number of nitrogens with one attached hydrogen (secondary N) is 1. The van der Waals surface area contributed by atoms with Crippen molar-refractivity contribution in [1.29, 1.82) is 0 Å². The van der Waals surface area contributed by atoms with Gasteiger partial charge in [-0.05, 0) is 43.0 Å². The molecule has 0 aromatic heterocycles. The molecule has 0 radical (unpaired) electrons. The third kappa shape index (κ3) is 5.01. The minimum Gasteiger partial charge on any atom is -0.325 e. The number of benzene rings is 3. The van der Waals surface area contributed by atoms with Gasteiger partial charge in [-0.15, -0.1) is 11.8 Å². The third-order valence-corrected chi connectivity index (χ3v) is 5.83. The van der Waals surface area contributed by atoms with Crippen molar-refractivity contribution in [3.63, 3.8) is 0 Å². The van der Waals surface area contributed by atoms with Crippen LogP contribution in [0.2, 0.25) is 0 Å². The molecule has 0 spiro atoms. The van der Waals surface area contributed by atoms with E-state index in [0.717, 1.165) is 16.8 Å². The monoisotopic (exact) mass is 375 g/mol. The maximum atomic E-state index is 12.6. The second-order valence-electron chi connectivity index (χ2n) is 6.83. The van der Waals surface area contributed by atoms with E-state index < -0.39 is 0 Å². The van der Waals surface area contributed by atoms with E-state index in [1.54, 1.807) is 11.8 Å². The fraction of sp³-hybridized carbons (Fsp3) is 0.208. The second-order valence-corrected chi connectivity index (χ2v) is 7.93. The summed E-state index contributed by atoms with van der Waals surface area (Å²) in [5, 5.41) is 3.24. The van der Waals surface area contributed by atoms with Gasteiger partial charge in [0.15, 0.2) is 0 Å². The number of hydrogen-bond acceptors (Lipinski definition) is 2. The van der Waals surface area contributed by atoms with Crippen LogP contribution < -0.4 is 5.32 Å². The Kier molecular flexibility index (Phi) is 6.36. The normalized spacial score (nSPS) is 10.8. The van der Waals surface area contributed by atoms with Crippen molar-refractivity contribution in [3.05, 3.63) is 101 Å². The predicted octanol–water partition coefficient (Wildman–Crippen LogP) is 6.07. The van der Waals surface area contributed by atoms with Crippen molar-refractivity contribution in [2.24, 2.45) is 0 Å². The number of carbonyl (C=O) groups excluding carboxylic acids is 1. The molecule has 3 heteroatoms. The number of rotatable bonds is 6. The minimum absolute atomic E-state index is 0.0342. The summed E-state index contributed by atoms with van der Waals surface area (Å²) in [7, 11) is 0. The van der Waals surface area contributed by atoms with Crippen LogP contribution in [0.15, 0.2) is 72.8 Å². The zero-order chi connectivity index (χ0) is 19.2. The van der Waals surface area contributed by atoms with Crippen LogP contribution >= 0.6 is 11.8 Å². The van der Waals surface area contributed by atoms with Crippen molar-refractivity contribution in [3.8, 4) is 0 Å². The van der Waals surface area contributed by atoms with Crippen molar-refractivity contribution in [2.75, 3.05) is 11.1 Å². The summed E-state index contributed by atoms with van der Waals surface area (Å²) in [6.45, 7) is 6.16. The highest BCUT2D eigenvalue weighted by Gasteiger charge is 2.17. The van der Waals surface area contributed by atoms with Gasteiger partial charge < -0.3 is 5.32 Å². The molecule has 3 aromatic rings. The first-order chi connectivity index (χ1) is 13.0. The average Bonchev–Trinajstić information content (AvgIpc) is 2.66. The van der Waals surface area contributed by atoms with Gasteiger partial charge in [0.1, 0.15) is 0 Å². The van der Waals surface area contributed by atoms with Crippen LogP contribution in [-0.4, -0.2) is 11.7 Å². The number of hydrogen-bond donors (Lipinski definition) is 1. The Labute approximate surface area is 166 Å². The Hall–Kier alpha value is -2.52. The Balaban J connectivity index is 1.73. The predicted molar refractivity (Wildman–Crippen MR) is 116 cm³/mol. The molecule has 3 rings (SSSR count). The smallest absolute Gasteiger partial charge is 0.234 e. The van der Waals surface area contributed by atoms with E-state index in [1.165, 1.54) is 16.7 Å². The lowest BCUT2D eigenvalue weighted by molar-refractivity contribution is -0.113. The number of anilines is 1. The van der Waals surface area contributed by atoms with Gasteiger partial charge in [0.2, 0.25) is 5.91 Å². The summed E-state index contributed by atoms with van der Waals surface area (Å²) in [4.78, 5) is 12.6. The molecule has 27 heavy (non-hydrogen) atoms. The molecule has 138 valence electrons. The molecule has 0 aliphatic carbocycles. The molecular weight excluding hydrogens is 350 g/mol. The van der Waals surface area contributed by atoms with E-state index >= 15 is 0 Å². The van der Waals surface area contributed by atoms with Crippen LogP contribution in [0.4, 0.5) is 5.69 Å². The molecule has 0 heterocycles. The lowest BCUT2D eigenvalue weighted by Crippen LogP contribution is -2.17. The molecule has 0 bridgehead atoms. The summed E-state index contributed by atoms with van der Waals surface area (Å²) in [6.07, 6.45) is 0. The van der Waals surface area contributed by atoms with Crippen molar-refractivity contribution in [2.45, 2.75) is 26.0 Å². The number of carbonyl (C=O) groups is 1. The fourth-order valence-electron chi connectivity index (χ4n) is 3.35. The highest BCUT2D eigenvalue weighted by Crippen LogP contribution is 2.35. The standard InChI is InChI=1S/C24H25NOS/c1-17-14-18(2)23(19(3)15-17)25-22(26)16-27-24(20-10-6-4-7-11-20)21-12-8-5-9-13-21/h4-15,24H,16H2,1-3H3,(H,25,26). The van der Waals surface area contributed by atoms with E-state index in [1.807, 2.05) is 50.2 Å². The number of aryl methyl sites for hydroxylation is 3. The minimum atomic E-state index is 0.0342. The van der Waals surface area contributed by atoms with Gasteiger partial charge >= 0.3 is 0 Å². The largest absolute Gasteiger partial charge is 0.325 e. The van der Waals surface area contributed by atoms with E-state index in [4.69, 9.17) is 0 Å². The van der Waals surface area contributed by atoms with Gasteiger partial charge in [-0.2, -0.15) is 0 Å². The van der Waals surface area contributed by atoms with Crippen molar-refractivity contribution >= 4 is 23.4 Å². The first kappa shape index (κ1) is 19.2. The van der Waals surface area contributed by atoms with Crippen LogP contribution in [0, 0.1) is 20.8 Å². The van der Waals surface area contributed by atoms with Crippen molar-refractivity contribution in [1.82, 2.24) is 0 Å². The Morgan fingerprint density at radius 2 is 1.33 bits per heavy atom. The van der Waals surface area contributed by atoms with Crippen LogP contribution in [0.1, 0.15) is 33.1 Å². The SMILES string of the molecule is Cc1cc(C)c(NC(=O)CSC(c2ccccc2)c2ccccc2)c(C)c1. The topological polar surface area (TPSA) is 29.1 Å². The van der Waals surface area contributed by atoms with Crippen LogP contribution in [0.5, 0.6) is 0 Å². The third-order valence-electron chi connectivity index (χ3n) is 4.53. The maximum Gasteiger partial charge on any atom is 0.234 e. The molecule has 0 fully saturated rings. The first-order valence-corrected chi connectivity index (χ1v) is 10.2. The van der Waals surface area contributed by atoms with Gasteiger partial charge in [0, 0.05) is 5.69 Å². The van der Waals surface area contributed by atoms with E-state index in [2.05, 4.69) is 48.6 Å². The quantitative estimate of drug-likeness (QED) is 0.566. The van der Waals surface area contributed by atoms with Crippen LogP contribution in [-0.2, 0) is 4.79 Å². The Morgan fingerprint density at radius 3 is 1.81 bits per heavy atom.